The molecule has 0 aliphatic heterocycles. The third kappa shape index (κ3) is 1.41. The highest BCUT2D eigenvalue weighted by atomic mass is 16.5. The van der Waals surface area contributed by atoms with Crippen molar-refractivity contribution in [3.8, 4) is 11.5 Å². The number of aromatic nitrogens is 1. The smallest absolute Gasteiger partial charge is 0.196 e. The molecule has 94 valence electrons. The number of H-pyrrole nitrogens is 1. The van der Waals surface area contributed by atoms with Crippen molar-refractivity contribution in [3.63, 3.8) is 0 Å². The Morgan fingerprint density at radius 1 is 1.11 bits per heavy atom. The summed E-state index contributed by atoms with van der Waals surface area (Å²) in [6.45, 7) is 0. The molecule has 18 heavy (non-hydrogen) atoms. The maximum Gasteiger partial charge on any atom is 0.196 e. The first kappa shape index (κ1) is 11.1. The van der Waals surface area contributed by atoms with Gasteiger partial charge in [0.15, 0.2) is 5.43 Å². The third-order valence-corrected chi connectivity index (χ3v) is 3.56. The lowest BCUT2D eigenvalue weighted by Crippen LogP contribution is -2.12. The largest absolute Gasteiger partial charge is 0.496 e. The van der Waals surface area contributed by atoms with Crippen LogP contribution in [-0.2, 0) is 12.8 Å². The lowest BCUT2D eigenvalue weighted by atomic mass is 10.1. The molecule has 1 aliphatic rings. The maximum atomic E-state index is 12.5. The maximum absolute atomic E-state index is 12.5. The SMILES string of the molecule is COc1ccc(OC)c2c(=O)c3c([nH]c12)CCC3. The number of methoxy groups -OCH3 is 2. The molecular formula is C14H15NO3. The van der Waals surface area contributed by atoms with Gasteiger partial charge in [-0.25, -0.2) is 0 Å². The van der Waals surface area contributed by atoms with Gasteiger partial charge in [0, 0.05) is 11.3 Å². The van der Waals surface area contributed by atoms with Gasteiger partial charge in [0.05, 0.1) is 25.1 Å². The molecule has 1 aliphatic carbocycles. The van der Waals surface area contributed by atoms with E-state index in [-0.39, 0.29) is 5.43 Å². The quantitative estimate of drug-likeness (QED) is 0.880. The zero-order valence-corrected chi connectivity index (χ0v) is 10.5. The Bertz CT molecular complexity index is 673. The molecule has 0 fully saturated rings. The van der Waals surface area contributed by atoms with Gasteiger partial charge in [0.1, 0.15) is 11.5 Å². The van der Waals surface area contributed by atoms with Crippen LogP contribution in [0.3, 0.4) is 0 Å². The summed E-state index contributed by atoms with van der Waals surface area (Å²) in [4.78, 5) is 15.9. The van der Waals surface area contributed by atoms with E-state index in [2.05, 4.69) is 4.98 Å². The summed E-state index contributed by atoms with van der Waals surface area (Å²) in [6, 6.07) is 3.59. The summed E-state index contributed by atoms with van der Waals surface area (Å²) in [5.74, 6) is 1.28. The predicted octanol–water partition coefficient (Wildman–Crippen LogP) is 2.03. The van der Waals surface area contributed by atoms with E-state index >= 15 is 0 Å². The number of fused-ring (bicyclic) bond motifs is 2. The molecule has 0 radical (unpaired) electrons. The molecule has 0 saturated carbocycles. The number of pyridine rings is 1. The topological polar surface area (TPSA) is 51.3 Å². The number of hydrogen-bond acceptors (Lipinski definition) is 3. The Morgan fingerprint density at radius 3 is 2.56 bits per heavy atom. The monoisotopic (exact) mass is 245 g/mol. The standard InChI is InChI=1S/C14H15NO3/c1-17-10-6-7-11(18-2)13-12(10)14(16)8-4-3-5-9(8)15-13/h6-7H,3-5H2,1-2H3,(H,15,16). The number of aromatic amines is 1. The van der Waals surface area contributed by atoms with Crippen molar-refractivity contribution < 1.29 is 9.47 Å². The van der Waals surface area contributed by atoms with Crippen molar-refractivity contribution in [1.82, 2.24) is 4.98 Å². The fourth-order valence-corrected chi connectivity index (χ4v) is 2.69. The van der Waals surface area contributed by atoms with Crippen molar-refractivity contribution in [2.75, 3.05) is 14.2 Å². The molecule has 0 saturated heterocycles. The summed E-state index contributed by atoms with van der Waals surface area (Å²) in [6.07, 6.45) is 2.81. The summed E-state index contributed by atoms with van der Waals surface area (Å²) in [7, 11) is 3.18. The minimum Gasteiger partial charge on any atom is -0.496 e. The highest BCUT2D eigenvalue weighted by molar-refractivity contribution is 5.90. The van der Waals surface area contributed by atoms with Gasteiger partial charge in [0.25, 0.3) is 0 Å². The lowest BCUT2D eigenvalue weighted by molar-refractivity contribution is 0.409. The number of nitrogens with one attached hydrogen (secondary N) is 1. The Kier molecular flexibility index (Phi) is 2.51. The second-order valence-electron chi connectivity index (χ2n) is 4.48. The van der Waals surface area contributed by atoms with Crippen LogP contribution in [0, 0.1) is 0 Å². The molecule has 1 aromatic carbocycles. The molecule has 0 unspecified atom stereocenters. The van der Waals surface area contributed by atoms with E-state index in [1.807, 2.05) is 6.07 Å². The Labute approximate surface area is 105 Å². The average Bonchev–Trinajstić information content (AvgIpc) is 2.86. The van der Waals surface area contributed by atoms with Gasteiger partial charge < -0.3 is 14.5 Å². The Balaban J connectivity index is 2.47. The van der Waals surface area contributed by atoms with Gasteiger partial charge >= 0.3 is 0 Å². The molecule has 0 atom stereocenters. The second-order valence-corrected chi connectivity index (χ2v) is 4.48. The van der Waals surface area contributed by atoms with Crippen molar-refractivity contribution in [1.29, 1.82) is 0 Å². The normalized spacial score (nSPS) is 13.7. The van der Waals surface area contributed by atoms with Gasteiger partial charge in [0.2, 0.25) is 0 Å². The molecule has 1 N–H and O–H groups in total. The van der Waals surface area contributed by atoms with Crippen LogP contribution in [0.4, 0.5) is 0 Å². The summed E-state index contributed by atoms with van der Waals surface area (Å²) in [5, 5.41) is 0.595. The summed E-state index contributed by atoms with van der Waals surface area (Å²) < 4.78 is 10.6. The van der Waals surface area contributed by atoms with E-state index in [4.69, 9.17) is 9.47 Å². The van der Waals surface area contributed by atoms with Gasteiger partial charge in [-0.2, -0.15) is 0 Å². The number of hydrogen-bond donors (Lipinski definition) is 1. The zero-order chi connectivity index (χ0) is 12.7. The third-order valence-electron chi connectivity index (χ3n) is 3.56. The molecule has 2 aromatic rings. The lowest BCUT2D eigenvalue weighted by Gasteiger charge is -2.11. The zero-order valence-electron chi connectivity index (χ0n) is 10.5. The molecule has 1 aromatic heterocycles. The number of benzene rings is 1. The Hall–Kier alpha value is -1.97. The summed E-state index contributed by atoms with van der Waals surface area (Å²) >= 11 is 0. The van der Waals surface area contributed by atoms with Crippen LogP contribution in [0.15, 0.2) is 16.9 Å². The van der Waals surface area contributed by atoms with Crippen LogP contribution >= 0.6 is 0 Å². The molecule has 4 heteroatoms. The molecular weight excluding hydrogens is 230 g/mol. The average molecular weight is 245 g/mol. The van der Waals surface area contributed by atoms with E-state index in [0.717, 1.165) is 36.0 Å². The number of rotatable bonds is 2. The molecule has 4 nitrogen and oxygen atoms in total. The van der Waals surface area contributed by atoms with E-state index in [0.29, 0.717) is 16.9 Å². The number of aryl methyl sites for hydroxylation is 1. The highest BCUT2D eigenvalue weighted by Gasteiger charge is 2.20. The fraction of sp³-hybridized carbons (Fsp3) is 0.357. The Morgan fingerprint density at radius 2 is 1.83 bits per heavy atom. The minimum absolute atomic E-state index is 0.0759. The van der Waals surface area contributed by atoms with Gasteiger partial charge in [-0.1, -0.05) is 0 Å². The first-order valence-corrected chi connectivity index (χ1v) is 6.05. The van der Waals surface area contributed by atoms with Crippen LogP contribution in [0.5, 0.6) is 11.5 Å². The van der Waals surface area contributed by atoms with E-state index in [1.165, 1.54) is 0 Å². The first-order valence-electron chi connectivity index (χ1n) is 6.05. The first-order chi connectivity index (χ1) is 8.76. The van der Waals surface area contributed by atoms with Crippen molar-refractivity contribution in [2.24, 2.45) is 0 Å². The molecule has 0 amide bonds. The minimum atomic E-state index is 0.0759. The van der Waals surface area contributed by atoms with Crippen molar-refractivity contribution >= 4 is 10.9 Å². The second kappa shape index (κ2) is 4.05. The van der Waals surface area contributed by atoms with Gasteiger partial charge in [-0.05, 0) is 31.4 Å². The number of ether oxygens (including phenoxy) is 2. The van der Waals surface area contributed by atoms with Crippen LogP contribution in [0.1, 0.15) is 17.7 Å². The van der Waals surface area contributed by atoms with Crippen LogP contribution < -0.4 is 14.9 Å². The molecule has 0 spiro atoms. The molecule has 0 bridgehead atoms. The predicted molar refractivity (Wildman–Crippen MR) is 69.7 cm³/mol. The fourth-order valence-electron chi connectivity index (χ4n) is 2.69. The van der Waals surface area contributed by atoms with Gasteiger partial charge in [-0.3, -0.25) is 4.79 Å². The van der Waals surface area contributed by atoms with Crippen LogP contribution in [-0.4, -0.2) is 19.2 Å². The highest BCUT2D eigenvalue weighted by Crippen LogP contribution is 2.31. The van der Waals surface area contributed by atoms with Gasteiger partial charge in [-0.15, -0.1) is 0 Å². The van der Waals surface area contributed by atoms with E-state index in [9.17, 15) is 4.79 Å². The van der Waals surface area contributed by atoms with Crippen LogP contribution in [0.25, 0.3) is 10.9 Å². The summed E-state index contributed by atoms with van der Waals surface area (Å²) in [5.41, 5.74) is 2.75. The van der Waals surface area contributed by atoms with Crippen LogP contribution in [0.2, 0.25) is 0 Å². The van der Waals surface area contributed by atoms with Crippen molar-refractivity contribution in [2.45, 2.75) is 19.3 Å². The van der Waals surface area contributed by atoms with E-state index < -0.39 is 0 Å². The molecule has 1 heterocycles. The molecule has 3 rings (SSSR count). The van der Waals surface area contributed by atoms with E-state index in [1.54, 1.807) is 20.3 Å². The van der Waals surface area contributed by atoms with Crippen molar-refractivity contribution in [3.05, 3.63) is 33.6 Å².